The molecule has 3 aromatic rings. The van der Waals surface area contributed by atoms with Crippen molar-refractivity contribution in [1.29, 1.82) is 0 Å². The molecule has 4 aliphatic rings. The Bertz CT molecular complexity index is 2490. The Morgan fingerprint density at radius 2 is 1.36 bits per heavy atom. The number of ether oxygens (including phenoxy) is 5. The van der Waals surface area contributed by atoms with E-state index in [9.17, 15) is 34.5 Å². The van der Waals surface area contributed by atoms with Gasteiger partial charge in [0.05, 0.1) is 35.6 Å². The highest BCUT2D eigenvalue weighted by Crippen LogP contribution is 2.64. The monoisotopic (exact) mass is 983 g/mol. The van der Waals surface area contributed by atoms with Crippen LogP contribution in [-0.4, -0.2) is 120 Å². The second kappa shape index (κ2) is 19.9. The third kappa shape index (κ3) is 8.82. The summed E-state index contributed by atoms with van der Waals surface area (Å²) in [6.45, 7) is 13.7. The smallest absolute Gasteiger partial charge is 0.338 e. The first kappa shape index (κ1) is 52.3. The van der Waals surface area contributed by atoms with Crippen LogP contribution in [0.2, 0.25) is 18.1 Å². The van der Waals surface area contributed by atoms with Gasteiger partial charge in [0, 0.05) is 31.2 Å². The summed E-state index contributed by atoms with van der Waals surface area (Å²) in [6.07, 6.45) is -12.7. The molecule has 1 aliphatic heterocycles. The van der Waals surface area contributed by atoms with Crippen molar-refractivity contribution in [2.45, 2.75) is 147 Å². The molecule has 3 aromatic carbocycles. The van der Waals surface area contributed by atoms with Crippen molar-refractivity contribution in [3.05, 3.63) is 119 Å². The second-order valence-electron chi connectivity index (χ2n) is 19.8. The van der Waals surface area contributed by atoms with E-state index in [2.05, 4.69) is 5.32 Å². The molecule has 70 heavy (non-hydrogen) atoms. The van der Waals surface area contributed by atoms with Gasteiger partial charge in [-0.25, -0.2) is 9.59 Å². The van der Waals surface area contributed by atoms with Crippen molar-refractivity contribution in [1.82, 2.24) is 5.32 Å². The molecule has 3 aliphatic carbocycles. The van der Waals surface area contributed by atoms with Gasteiger partial charge in [-0.1, -0.05) is 101 Å². The Kier molecular flexibility index (Phi) is 14.9. The number of hydrogen-bond acceptors (Lipinski definition) is 15. The average Bonchev–Trinajstić information content (AvgIpc) is 3.33. The number of ketones is 1. The summed E-state index contributed by atoms with van der Waals surface area (Å²) in [5.74, 6) is -6.88. The zero-order valence-electron chi connectivity index (χ0n) is 41.1. The zero-order chi connectivity index (χ0) is 51.1. The van der Waals surface area contributed by atoms with Gasteiger partial charge in [0.25, 0.3) is 5.91 Å². The number of carbonyl (C=O) groups is 6. The first-order valence-electron chi connectivity index (χ1n) is 23.9. The summed E-state index contributed by atoms with van der Waals surface area (Å²) >= 11 is 0. The van der Waals surface area contributed by atoms with Crippen molar-refractivity contribution < 1.29 is 72.2 Å². The van der Waals surface area contributed by atoms with Crippen LogP contribution in [0.5, 0.6) is 0 Å². The quantitative estimate of drug-likeness (QED) is 0.0616. The number of carbonyl (C=O) groups excluding carboxylic acids is 6. The molecule has 0 radical (unpaired) electrons. The summed E-state index contributed by atoms with van der Waals surface area (Å²) in [7, 11) is -2.77. The number of rotatable bonds is 15. The van der Waals surface area contributed by atoms with E-state index < -0.39 is 134 Å². The largest absolute Gasteiger partial charge is 0.456 e. The Morgan fingerprint density at radius 3 is 1.87 bits per heavy atom. The van der Waals surface area contributed by atoms with Gasteiger partial charge in [0.1, 0.15) is 30.0 Å². The Balaban J connectivity index is 1.45. The molecule has 3 fully saturated rings. The lowest BCUT2D eigenvalue weighted by molar-refractivity contribution is -0.369. The molecule has 0 unspecified atom stereocenters. The zero-order valence-corrected chi connectivity index (χ0v) is 42.1. The predicted molar refractivity (Wildman–Crippen MR) is 255 cm³/mol. The van der Waals surface area contributed by atoms with E-state index in [1.54, 1.807) is 99.6 Å². The van der Waals surface area contributed by atoms with Crippen LogP contribution in [0.25, 0.3) is 0 Å². The Morgan fingerprint density at radius 1 is 0.800 bits per heavy atom. The predicted octanol–water partition coefficient (Wildman–Crippen LogP) is 5.74. The minimum atomic E-state index is -2.77. The van der Waals surface area contributed by atoms with Crippen LogP contribution >= 0.6 is 0 Å². The number of fused-ring (bicyclic) bond motifs is 5. The number of amides is 1. The van der Waals surface area contributed by atoms with Gasteiger partial charge in [-0.15, -0.1) is 0 Å². The van der Waals surface area contributed by atoms with Crippen LogP contribution < -0.4 is 5.32 Å². The van der Waals surface area contributed by atoms with E-state index in [4.69, 9.17) is 28.1 Å². The van der Waals surface area contributed by atoms with E-state index >= 15 is 9.59 Å². The molecule has 17 heteroatoms. The van der Waals surface area contributed by atoms with Crippen LogP contribution in [0, 0.1) is 16.7 Å². The highest BCUT2D eigenvalue weighted by molar-refractivity contribution is 6.73. The fourth-order valence-corrected chi connectivity index (χ4v) is 14.4. The third-order valence-electron chi connectivity index (χ3n) is 15.8. The third-order valence-corrected chi connectivity index (χ3v) is 20.4. The van der Waals surface area contributed by atoms with E-state index in [1.807, 2.05) is 20.8 Å². The number of hydrogen-bond donors (Lipinski definition) is 4. The molecule has 1 heterocycles. The standard InChI is InChI=1S/C53H65NO15Si/c1-10-70(11-2,12-3)69-41(38(33-22-16-13-17-23-33)54-47(60)34-24-18-14-19-25-34)49(62)66-36-28-53(63)46(67-48(61)35-26-20-15-21-27-35)42-51(9,43(58)39(57)45-52(42,29-64-45)68-32(6)56)44(59)40(65-31(5)55)37(30(36)4)50(53,7)8/h13-27,36,38-43,45-46,57-58,63H,10-12,28-29H2,1-9H3,(H,54,60)/t36-,38-,39+,40+,41+,42-,43-,45+,46-,51-,52+,53+/m0/s1. The van der Waals surface area contributed by atoms with Crippen LogP contribution in [0.4, 0.5) is 0 Å². The fraction of sp³-hybridized carbons (Fsp3) is 0.509. The lowest BCUT2D eigenvalue weighted by atomic mass is 9.44. The van der Waals surface area contributed by atoms with Crippen molar-refractivity contribution in [2.75, 3.05) is 6.61 Å². The molecule has 7 rings (SSSR count). The Hall–Kier alpha value is -5.56. The molecular weight excluding hydrogens is 919 g/mol. The van der Waals surface area contributed by atoms with Crippen molar-refractivity contribution in [2.24, 2.45) is 16.7 Å². The highest BCUT2D eigenvalue weighted by atomic mass is 28.4. The normalized spacial score (nSPS) is 30.9. The molecule has 1 amide bonds. The van der Waals surface area contributed by atoms with E-state index in [-0.39, 0.29) is 16.7 Å². The maximum Gasteiger partial charge on any atom is 0.338 e. The van der Waals surface area contributed by atoms with Crippen molar-refractivity contribution >= 4 is 43.9 Å². The van der Waals surface area contributed by atoms with Gasteiger partial charge in [0.2, 0.25) is 0 Å². The van der Waals surface area contributed by atoms with Crippen molar-refractivity contribution in [3.8, 4) is 0 Å². The molecule has 2 saturated carbocycles. The summed E-state index contributed by atoms with van der Waals surface area (Å²) in [5.41, 5.74) is -7.46. The van der Waals surface area contributed by atoms with Crippen LogP contribution in [0.3, 0.4) is 0 Å². The number of aliphatic hydroxyl groups is 3. The van der Waals surface area contributed by atoms with Crippen LogP contribution in [-0.2, 0) is 47.3 Å². The molecule has 2 bridgehead atoms. The van der Waals surface area contributed by atoms with Gasteiger partial charge in [-0.2, -0.15) is 0 Å². The van der Waals surface area contributed by atoms with Gasteiger partial charge < -0.3 is 48.7 Å². The lowest BCUT2D eigenvalue weighted by Crippen LogP contribution is -2.85. The van der Waals surface area contributed by atoms with Gasteiger partial charge in [0.15, 0.2) is 31.9 Å². The van der Waals surface area contributed by atoms with Gasteiger partial charge in [-0.3, -0.25) is 19.2 Å². The molecule has 16 nitrogen and oxygen atoms in total. The molecule has 0 aromatic heterocycles. The Labute approximate surface area is 409 Å². The van der Waals surface area contributed by atoms with Gasteiger partial charge in [-0.05, 0) is 73.0 Å². The summed E-state index contributed by atoms with van der Waals surface area (Å²) in [4.78, 5) is 86.3. The topological polar surface area (TPSA) is 231 Å². The number of Topliss-reactive ketones (excluding diaryl/α,β-unsaturated/α-hetero) is 1. The summed E-state index contributed by atoms with van der Waals surface area (Å²) < 4.78 is 38.0. The van der Waals surface area contributed by atoms with Gasteiger partial charge >= 0.3 is 23.9 Å². The number of esters is 4. The maximum absolute atomic E-state index is 15.8. The first-order chi connectivity index (χ1) is 33.1. The van der Waals surface area contributed by atoms with E-state index in [1.165, 1.54) is 19.1 Å². The minimum absolute atomic E-state index is 0.0243. The lowest BCUT2D eigenvalue weighted by Gasteiger charge is -2.68. The molecule has 1 saturated heterocycles. The molecule has 376 valence electrons. The van der Waals surface area contributed by atoms with Crippen LogP contribution in [0.1, 0.15) is 101 Å². The maximum atomic E-state index is 15.8. The number of benzene rings is 3. The summed E-state index contributed by atoms with van der Waals surface area (Å²) in [5, 5.41) is 41.0. The molecular formula is C53H65NO15Si. The SMILES string of the molecule is CC[Si](CC)(CC)O[C@@H](C(=O)O[C@H]1C[C@@]2(O)[C@@H](OC(=O)c3ccccc3)[C@@H]3[C@]4(OC(C)=O)CO[C@@H]4[C@H](O)[C@H](O)[C@@]3(C)C(=O)[C@H](OC(C)=O)C(=C1C)C2(C)C)[C@@H](NC(=O)c1ccccc1)c1ccccc1. The number of aliphatic hydroxyl groups excluding tert-OH is 2. The van der Waals surface area contributed by atoms with Crippen molar-refractivity contribution in [3.63, 3.8) is 0 Å². The molecule has 0 spiro atoms. The number of nitrogens with one attached hydrogen (secondary N) is 1. The first-order valence-corrected chi connectivity index (χ1v) is 26.5. The fourth-order valence-electron chi connectivity index (χ4n) is 11.7. The molecule has 4 N–H and O–H groups in total. The van der Waals surface area contributed by atoms with E-state index in [0.717, 1.165) is 13.8 Å². The average molecular weight is 984 g/mol. The molecule has 12 atom stereocenters. The highest BCUT2D eigenvalue weighted by Gasteiger charge is 2.80. The van der Waals surface area contributed by atoms with E-state index in [0.29, 0.717) is 29.3 Å². The summed E-state index contributed by atoms with van der Waals surface area (Å²) in [6, 6.07) is 25.9. The van der Waals surface area contributed by atoms with Crippen LogP contribution in [0.15, 0.2) is 102 Å². The second-order valence-corrected chi connectivity index (χ2v) is 24.5. The minimum Gasteiger partial charge on any atom is -0.456 e.